The second-order valence-electron chi connectivity index (χ2n) is 7.10. The maximum atomic E-state index is 12.4. The van der Waals surface area contributed by atoms with Gasteiger partial charge in [-0.15, -0.1) is 11.3 Å². The van der Waals surface area contributed by atoms with Crippen LogP contribution in [-0.4, -0.2) is 10.9 Å². The number of nitrogens with one attached hydrogen (secondary N) is 1. The average molecular weight is 365 g/mol. The van der Waals surface area contributed by atoms with Crippen LogP contribution >= 0.6 is 11.3 Å². The number of nitrogens with zero attached hydrogens (tertiary/aromatic N) is 1. The monoisotopic (exact) mass is 364 g/mol. The van der Waals surface area contributed by atoms with Gasteiger partial charge >= 0.3 is 0 Å². The summed E-state index contributed by atoms with van der Waals surface area (Å²) in [4.78, 5) is 17.0. The lowest BCUT2D eigenvalue weighted by Crippen LogP contribution is -2.27. The van der Waals surface area contributed by atoms with Gasteiger partial charge in [0.15, 0.2) is 0 Å². The van der Waals surface area contributed by atoms with E-state index in [1.807, 2.05) is 18.2 Å². The molecule has 0 saturated carbocycles. The summed E-state index contributed by atoms with van der Waals surface area (Å²) in [5.41, 5.74) is 5.17. The smallest absolute Gasteiger partial charge is 0.220 e. The van der Waals surface area contributed by atoms with Crippen molar-refractivity contribution < 1.29 is 4.79 Å². The molecule has 0 fully saturated rings. The van der Waals surface area contributed by atoms with Crippen LogP contribution in [0, 0.1) is 0 Å². The molecule has 1 aromatic heterocycles. The largest absolute Gasteiger partial charge is 0.350 e. The summed E-state index contributed by atoms with van der Waals surface area (Å²) in [6, 6.07) is 14.9. The minimum atomic E-state index is 0.0464. The fourth-order valence-electron chi connectivity index (χ4n) is 3.67. The van der Waals surface area contributed by atoms with E-state index in [0.29, 0.717) is 12.8 Å². The number of thiazole rings is 1. The molecule has 3 nitrogen and oxygen atoms in total. The van der Waals surface area contributed by atoms with Gasteiger partial charge in [-0.25, -0.2) is 4.98 Å². The van der Waals surface area contributed by atoms with Crippen LogP contribution in [0.3, 0.4) is 0 Å². The molecule has 1 aliphatic carbocycles. The number of rotatable bonds is 5. The summed E-state index contributed by atoms with van der Waals surface area (Å²) in [7, 11) is 0. The molecule has 1 aliphatic rings. The van der Waals surface area contributed by atoms with Gasteiger partial charge in [0.1, 0.15) is 0 Å². The fraction of sp³-hybridized carbons (Fsp3) is 0.364. The number of benzene rings is 2. The number of aromatic nitrogens is 1. The van der Waals surface area contributed by atoms with Crippen molar-refractivity contribution in [3.63, 3.8) is 0 Å². The maximum absolute atomic E-state index is 12.4. The molecule has 1 N–H and O–H groups in total. The van der Waals surface area contributed by atoms with Gasteiger partial charge in [0, 0.05) is 12.8 Å². The van der Waals surface area contributed by atoms with Gasteiger partial charge in [0.25, 0.3) is 0 Å². The highest BCUT2D eigenvalue weighted by Crippen LogP contribution is 2.25. The van der Waals surface area contributed by atoms with Gasteiger partial charge in [0.05, 0.1) is 21.3 Å². The molecule has 0 spiro atoms. The summed E-state index contributed by atoms with van der Waals surface area (Å²) < 4.78 is 1.19. The van der Waals surface area contributed by atoms with Gasteiger partial charge in [-0.2, -0.15) is 0 Å². The summed E-state index contributed by atoms with van der Waals surface area (Å²) in [6.07, 6.45) is 6.11. The van der Waals surface area contributed by atoms with E-state index in [2.05, 4.69) is 41.5 Å². The molecular formula is C22H24N2OS. The number of para-hydroxylation sites is 1. The Kier molecular flexibility index (Phi) is 5.02. The third-order valence-electron chi connectivity index (χ3n) is 5.15. The van der Waals surface area contributed by atoms with Gasteiger partial charge in [-0.1, -0.05) is 30.3 Å². The first-order valence-corrected chi connectivity index (χ1v) is 10.3. The molecule has 1 amide bonds. The molecule has 0 unspecified atom stereocenters. The molecule has 1 heterocycles. The highest BCUT2D eigenvalue weighted by atomic mass is 32.1. The molecule has 2 aromatic carbocycles. The first-order valence-electron chi connectivity index (χ1n) is 9.44. The molecule has 4 rings (SSSR count). The number of amides is 1. The van der Waals surface area contributed by atoms with Crippen molar-refractivity contribution in [3.05, 3.63) is 64.2 Å². The Bertz CT molecular complexity index is 898. The van der Waals surface area contributed by atoms with Gasteiger partial charge in [-0.3, -0.25) is 4.79 Å². The Balaban J connectivity index is 1.35. The first kappa shape index (κ1) is 17.2. The summed E-state index contributed by atoms with van der Waals surface area (Å²) >= 11 is 1.68. The lowest BCUT2D eigenvalue weighted by Gasteiger charge is -2.20. The SMILES string of the molecule is C[C@H](NC(=O)CCc1nc2ccccc2s1)c1ccc2c(c1)CCCC2. The molecule has 134 valence electrons. The lowest BCUT2D eigenvalue weighted by molar-refractivity contribution is -0.121. The summed E-state index contributed by atoms with van der Waals surface area (Å²) in [6.45, 7) is 2.07. The van der Waals surface area contributed by atoms with Crippen molar-refractivity contribution in [2.75, 3.05) is 0 Å². The number of carbonyl (C=O) groups is 1. The Morgan fingerprint density at radius 2 is 1.96 bits per heavy atom. The van der Waals surface area contributed by atoms with Crippen LogP contribution in [0.2, 0.25) is 0 Å². The topological polar surface area (TPSA) is 42.0 Å². The molecule has 0 aliphatic heterocycles. The van der Waals surface area contributed by atoms with E-state index in [4.69, 9.17) is 0 Å². The van der Waals surface area contributed by atoms with Crippen LogP contribution in [0.5, 0.6) is 0 Å². The van der Waals surface area contributed by atoms with Gasteiger partial charge in [-0.05, 0) is 61.4 Å². The van der Waals surface area contributed by atoms with E-state index in [0.717, 1.165) is 10.5 Å². The van der Waals surface area contributed by atoms with Crippen molar-refractivity contribution >= 4 is 27.5 Å². The van der Waals surface area contributed by atoms with E-state index in [9.17, 15) is 4.79 Å². The molecular weight excluding hydrogens is 340 g/mol. The summed E-state index contributed by atoms with van der Waals surface area (Å²) in [5.74, 6) is 0.0921. The van der Waals surface area contributed by atoms with Crippen LogP contribution in [0.25, 0.3) is 10.2 Å². The Morgan fingerprint density at radius 1 is 1.15 bits per heavy atom. The molecule has 1 atom stereocenters. The van der Waals surface area contributed by atoms with E-state index >= 15 is 0 Å². The Labute approximate surface area is 158 Å². The van der Waals surface area contributed by atoms with Crippen molar-refractivity contribution in [3.8, 4) is 0 Å². The molecule has 0 saturated heterocycles. The van der Waals surface area contributed by atoms with Gasteiger partial charge in [0.2, 0.25) is 5.91 Å². The lowest BCUT2D eigenvalue weighted by atomic mass is 9.89. The second-order valence-corrected chi connectivity index (χ2v) is 8.21. The minimum absolute atomic E-state index is 0.0464. The molecule has 3 aromatic rings. The van der Waals surface area contributed by atoms with Crippen LogP contribution in [-0.2, 0) is 24.1 Å². The molecule has 4 heteroatoms. The number of fused-ring (bicyclic) bond motifs is 2. The van der Waals surface area contributed by atoms with E-state index in [1.54, 1.807) is 11.3 Å². The van der Waals surface area contributed by atoms with E-state index in [-0.39, 0.29) is 11.9 Å². The van der Waals surface area contributed by atoms with Crippen molar-refractivity contribution in [1.82, 2.24) is 10.3 Å². The number of hydrogen-bond acceptors (Lipinski definition) is 3. The van der Waals surface area contributed by atoms with Crippen molar-refractivity contribution in [2.24, 2.45) is 0 Å². The van der Waals surface area contributed by atoms with Gasteiger partial charge < -0.3 is 5.32 Å². The van der Waals surface area contributed by atoms with Crippen LogP contribution in [0.4, 0.5) is 0 Å². The maximum Gasteiger partial charge on any atom is 0.220 e. The zero-order chi connectivity index (χ0) is 17.9. The second kappa shape index (κ2) is 7.58. The van der Waals surface area contributed by atoms with Crippen molar-refractivity contribution in [2.45, 2.75) is 51.5 Å². The quantitative estimate of drug-likeness (QED) is 0.693. The Morgan fingerprint density at radius 3 is 2.81 bits per heavy atom. The third-order valence-corrected chi connectivity index (χ3v) is 6.25. The average Bonchev–Trinajstić information content (AvgIpc) is 3.09. The molecule has 0 radical (unpaired) electrons. The predicted molar refractivity (Wildman–Crippen MR) is 108 cm³/mol. The van der Waals surface area contributed by atoms with Crippen LogP contribution in [0.15, 0.2) is 42.5 Å². The van der Waals surface area contributed by atoms with E-state index in [1.165, 1.54) is 47.1 Å². The first-order chi connectivity index (χ1) is 12.7. The zero-order valence-electron chi connectivity index (χ0n) is 15.1. The number of carbonyl (C=O) groups excluding carboxylic acids is 1. The third kappa shape index (κ3) is 3.80. The normalized spacial score (nSPS) is 14.8. The molecule has 0 bridgehead atoms. The van der Waals surface area contributed by atoms with Crippen molar-refractivity contribution in [1.29, 1.82) is 0 Å². The zero-order valence-corrected chi connectivity index (χ0v) is 15.9. The van der Waals surface area contributed by atoms with Crippen LogP contribution in [0.1, 0.15) is 53.9 Å². The predicted octanol–water partition coefficient (Wildman–Crippen LogP) is 4.99. The van der Waals surface area contributed by atoms with Crippen LogP contribution < -0.4 is 5.32 Å². The standard InChI is InChI=1S/C22H24N2OS/c1-15(17-11-10-16-6-2-3-7-18(16)14-17)23-21(25)12-13-22-24-19-8-4-5-9-20(19)26-22/h4-5,8-11,14-15H,2-3,6-7,12-13H2,1H3,(H,23,25)/t15-/m0/s1. The fourth-order valence-corrected chi connectivity index (χ4v) is 4.63. The molecule has 26 heavy (non-hydrogen) atoms. The highest BCUT2D eigenvalue weighted by Gasteiger charge is 2.14. The minimum Gasteiger partial charge on any atom is -0.350 e. The van der Waals surface area contributed by atoms with E-state index < -0.39 is 0 Å². The number of hydrogen-bond donors (Lipinski definition) is 1. The number of aryl methyl sites for hydroxylation is 3. The summed E-state index contributed by atoms with van der Waals surface area (Å²) in [5, 5.41) is 4.18. The highest BCUT2D eigenvalue weighted by molar-refractivity contribution is 7.18. The Hall–Kier alpha value is -2.20.